The second-order valence-corrected chi connectivity index (χ2v) is 5.83. The highest BCUT2D eigenvalue weighted by Crippen LogP contribution is 2.22. The minimum absolute atomic E-state index is 0.710. The van der Waals surface area contributed by atoms with Gasteiger partial charge in [0.25, 0.3) is 0 Å². The molecule has 0 aliphatic carbocycles. The first kappa shape index (κ1) is 16.2. The average molecular weight is 237 g/mol. The summed E-state index contributed by atoms with van der Waals surface area (Å²) in [5.41, 5.74) is -0.794. The molecule has 0 bridgehead atoms. The van der Waals surface area contributed by atoms with E-state index in [1.54, 1.807) is 6.92 Å². The molecule has 0 N–H and O–H groups in total. The maximum Gasteiger partial charge on any atom is 0.159 e. The molecule has 0 spiro atoms. The van der Waals surface area contributed by atoms with E-state index in [2.05, 4.69) is 31.9 Å². The Morgan fingerprint density at radius 2 is 1.76 bits per heavy atom. The molecule has 98 valence electrons. The van der Waals surface area contributed by atoms with Crippen LogP contribution in [0.3, 0.4) is 0 Å². The minimum atomic E-state index is -0.794. The molecule has 0 aromatic carbocycles. The topological polar surface area (TPSA) is 29.4 Å². The summed E-state index contributed by atoms with van der Waals surface area (Å²) in [5.74, 6) is 4.00. The van der Waals surface area contributed by atoms with Gasteiger partial charge in [0.05, 0.1) is 0 Å². The lowest BCUT2D eigenvalue weighted by molar-refractivity contribution is 0.403. The summed E-state index contributed by atoms with van der Waals surface area (Å²) < 4.78 is 0. The summed E-state index contributed by atoms with van der Waals surface area (Å²) in [4.78, 5) is 10.6. The van der Waals surface area contributed by atoms with Gasteiger partial charge in [0.2, 0.25) is 0 Å². The normalized spacial score (nSPS) is 16.2. The molecule has 0 radical (unpaired) electrons. The van der Waals surface area contributed by atoms with Crippen LogP contribution < -0.4 is 0 Å². The molecule has 0 rings (SSSR count). The Labute approximate surface area is 107 Å². The molecular formula is C15H27NO. The van der Waals surface area contributed by atoms with Crippen LogP contribution in [-0.2, 0) is 0 Å². The first-order valence-electron chi connectivity index (χ1n) is 6.76. The monoisotopic (exact) mass is 237 g/mol. The molecule has 0 aliphatic rings. The van der Waals surface area contributed by atoms with Crippen LogP contribution in [0.25, 0.3) is 0 Å². The van der Waals surface area contributed by atoms with Crippen LogP contribution >= 0.6 is 0 Å². The van der Waals surface area contributed by atoms with Crippen LogP contribution in [0.5, 0.6) is 0 Å². The summed E-state index contributed by atoms with van der Waals surface area (Å²) in [5, 5.41) is 3.03. The van der Waals surface area contributed by atoms with Gasteiger partial charge in [-0.1, -0.05) is 57.6 Å². The second-order valence-electron chi connectivity index (χ2n) is 5.83. The van der Waals surface area contributed by atoms with Crippen LogP contribution in [-0.4, -0.2) is 5.54 Å². The van der Waals surface area contributed by atoms with Crippen LogP contribution in [0.2, 0.25) is 0 Å². The van der Waals surface area contributed by atoms with Crippen molar-refractivity contribution < 1.29 is 0 Å². The van der Waals surface area contributed by atoms with E-state index < -0.39 is 5.54 Å². The van der Waals surface area contributed by atoms with E-state index in [0.717, 1.165) is 24.7 Å². The van der Waals surface area contributed by atoms with Crippen LogP contribution in [0, 0.1) is 29.1 Å². The fourth-order valence-corrected chi connectivity index (χ4v) is 1.96. The Kier molecular flexibility index (Phi) is 7.87. The standard InChI is InChI=1S/C15H27NO/c1-6-15(5,16-17)12-8-11-14(4)10-7-9-13(2)3/h1,13-14H,7-12H2,2-5H3/t14-,15?/m1/s1. The first-order valence-corrected chi connectivity index (χ1v) is 6.76. The molecular weight excluding hydrogens is 210 g/mol. The molecule has 0 aromatic heterocycles. The molecule has 0 saturated carbocycles. The molecule has 0 aromatic rings. The Hall–Kier alpha value is -0.840. The summed E-state index contributed by atoms with van der Waals surface area (Å²) in [6, 6.07) is 0. The number of nitroso groups, excluding NO2 is 1. The van der Waals surface area contributed by atoms with Crippen molar-refractivity contribution in [3.8, 4) is 12.3 Å². The SMILES string of the molecule is C#CC(C)(CCC[C@H](C)CCCC(C)C)N=O. The summed E-state index contributed by atoms with van der Waals surface area (Å²) in [6.45, 7) is 8.54. The number of rotatable bonds is 9. The van der Waals surface area contributed by atoms with Crippen LogP contribution in [0.1, 0.15) is 66.2 Å². The summed E-state index contributed by atoms with van der Waals surface area (Å²) in [6.07, 6.45) is 12.0. The van der Waals surface area contributed by atoms with Crippen LogP contribution in [0.15, 0.2) is 5.18 Å². The van der Waals surface area contributed by atoms with Gasteiger partial charge in [0.1, 0.15) is 0 Å². The Balaban J connectivity index is 3.68. The molecule has 0 heterocycles. The van der Waals surface area contributed by atoms with E-state index in [9.17, 15) is 4.91 Å². The van der Waals surface area contributed by atoms with Crippen LogP contribution in [0.4, 0.5) is 0 Å². The molecule has 0 aliphatic heterocycles. The predicted molar refractivity (Wildman–Crippen MR) is 74.7 cm³/mol. The fourth-order valence-electron chi connectivity index (χ4n) is 1.96. The van der Waals surface area contributed by atoms with Gasteiger partial charge < -0.3 is 0 Å². The second kappa shape index (κ2) is 8.28. The lowest BCUT2D eigenvalue weighted by atomic mass is 9.91. The number of hydrogen-bond donors (Lipinski definition) is 0. The van der Waals surface area contributed by atoms with E-state index in [0.29, 0.717) is 6.42 Å². The Morgan fingerprint density at radius 1 is 1.18 bits per heavy atom. The molecule has 2 heteroatoms. The van der Waals surface area contributed by atoms with Crippen molar-refractivity contribution in [3.63, 3.8) is 0 Å². The number of terminal acetylenes is 1. The van der Waals surface area contributed by atoms with Crippen molar-refractivity contribution in [3.05, 3.63) is 4.91 Å². The third-order valence-corrected chi connectivity index (χ3v) is 3.35. The van der Waals surface area contributed by atoms with E-state index >= 15 is 0 Å². The van der Waals surface area contributed by atoms with Gasteiger partial charge in [-0.3, -0.25) is 0 Å². The van der Waals surface area contributed by atoms with Gasteiger partial charge in [-0.05, 0) is 31.6 Å². The van der Waals surface area contributed by atoms with E-state index in [4.69, 9.17) is 6.42 Å². The highest BCUT2D eigenvalue weighted by Gasteiger charge is 2.21. The molecule has 2 atom stereocenters. The minimum Gasteiger partial charge on any atom is -0.149 e. The van der Waals surface area contributed by atoms with E-state index in [1.165, 1.54) is 19.3 Å². The lowest BCUT2D eigenvalue weighted by Gasteiger charge is -2.16. The first-order chi connectivity index (χ1) is 7.93. The maximum atomic E-state index is 10.6. The van der Waals surface area contributed by atoms with Crippen molar-refractivity contribution >= 4 is 0 Å². The number of nitrogens with zero attached hydrogens (tertiary/aromatic N) is 1. The lowest BCUT2D eigenvalue weighted by Crippen LogP contribution is -2.18. The highest BCUT2D eigenvalue weighted by molar-refractivity contribution is 5.10. The van der Waals surface area contributed by atoms with Crippen molar-refractivity contribution in [2.75, 3.05) is 0 Å². The molecule has 2 nitrogen and oxygen atoms in total. The smallest absolute Gasteiger partial charge is 0.149 e. The molecule has 1 unspecified atom stereocenters. The zero-order chi connectivity index (χ0) is 13.3. The third kappa shape index (κ3) is 7.96. The van der Waals surface area contributed by atoms with E-state index in [-0.39, 0.29) is 0 Å². The number of hydrogen-bond acceptors (Lipinski definition) is 2. The molecule has 0 saturated heterocycles. The van der Waals surface area contributed by atoms with Crippen molar-refractivity contribution in [2.45, 2.75) is 71.8 Å². The van der Waals surface area contributed by atoms with Crippen molar-refractivity contribution in [1.82, 2.24) is 0 Å². The van der Waals surface area contributed by atoms with Gasteiger partial charge in [0.15, 0.2) is 5.54 Å². The van der Waals surface area contributed by atoms with Gasteiger partial charge in [-0.25, -0.2) is 0 Å². The molecule has 0 fully saturated rings. The zero-order valence-corrected chi connectivity index (χ0v) is 11.8. The Morgan fingerprint density at radius 3 is 2.24 bits per heavy atom. The largest absolute Gasteiger partial charge is 0.159 e. The van der Waals surface area contributed by atoms with Gasteiger partial charge in [0, 0.05) is 0 Å². The fraction of sp³-hybridized carbons (Fsp3) is 0.867. The van der Waals surface area contributed by atoms with Gasteiger partial charge in [-0.2, -0.15) is 0 Å². The van der Waals surface area contributed by atoms with Gasteiger partial charge >= 0.3 is 0 Å². The quantitative estimate of drug-likeness (QED) is 0.419. The zero-order valence-electron chi connectivity index (χ0n) is 11.8. The predicted octanol–water partition coefficient (Wildman–Crippen LogP) is 4.78. The maximum absolute atomic E-state index is 10.6. The summed E-state index contributed by atoms with van der Waals surface area (Å²) >= 11 is 0. The van der Waals surface area contributed by atoms with Crippen molar-refractivity contribution in [2.24, 2.45) is 17.0 Å². The average Bonchev–Trinajstić information content (AvgIpc) is 2.28. The van der Waals surface area contributed by atoms with E-state index in [1.807, 2.05) is 0 Å². The third-order valence-electron chi connectivity index (χ3n) is 3.35. The molecule has 17 heavy (non-hydrogen) atoms. The molecule has 0 amide bonds. The van der Waals surface area contributed by atoms with Crippen molar-refractivity contribution in [1.29, 1.82) is 0 Å². The highest BCUT2D eigenvalue weighted by atomic mass is 16.3. The summed E-state index contributed by atoms with van der Waals surface area (Å²) in [7, 11) is 0. The van der Waals surface area contributed by atoms with Gasteiger partial charge in [-0.15, -0.1) is 11.3 Å². The Bertz CT molecular complexity index is 254.